The van der Waals surface area contributed by atoms with Gasteiger partial charge in [0.1, 0.15) is 0 Å². The van der Waals surface area contributed by atoms with Crippen LogP contribution in [-0.2, 0) is 12.8 Å². The van der Waals surface area contributed by atoms with Crippen molar-refractivity contribution in [2.24, 2.45) is 5.73 Å². The van der Waals surface area contributed by atoms with Crippen LogP contribution >= 0.6 is 0 Å². The number of rotatable bonds is 2. The number of nitrogens with two attached hydrogens (primary N) is 1. The van der Waals surface area contributed by atoms with Gasteiger partial charge in [-0.3, -0.25) is 0 Å². The van der Waals surface area contributed by atoms with Crippen molar-refractivity contribution in [2.75, 3.05) is 6.79 Å². The molecule has 1 atom stereocenters. The summed E-state index contributed by atoms with van der Waals surface area (Å²) in [7, 11) is 0. The molecule has 1 unspecified atom stereocenters. The first-order valence-corrected chi connectivity index (χ1v) is 7.58. The van der Waals surface area contributed by atoms with Crippen LogP contribution < -0.4 is 15.2 Å². The molecule has 0 saturated heterocycles. The maximum Gasteiger partial charge on any atom is 0.231 e. The van der Waals surface area contributed by atoms with Gasteiger partial charge in [-0.05, 0) is 60.1 Å². The van der Waals surface area contributed by atoms with Gasteiger partial charge in [0, 0.05) is 0 Å². The molecule has 21 heavy (non-hydrogen) atoms. The van der Waals surface area contributed by atoms with E-state index in [9.17, 15) is 0 Å². The SMILES string of the molecule is NC(c1ccc2c(c1)CCCC2)c1ccc2c(c1)OCO2. The quantitative estimate of drug-likeness (QED) is 0.918. The van der Waals surface area contributed by atoms with E-state index in [1.54, 1.807) is 0 Å². The van der Waals surface area contributed by atoms with Gasteiger partial charge in [0.05, 0.1) is 6.04 Å². The Morgan fingerprint density at radius 1 is 0.810 bits per heavy atom. The molecule has 2 N–H and O–H groups in total. The van der Waals surface area contributed by atoms with Gasteiger partial charge in [0.25, 0.3) is 0 Å². The van der Waals surface area contributed by atoms with E-state index in [-0.39, 0.29) is 6.04 Å². The molecule has 0 amide bonds. The largest absolute Gasteiger partial charge is 0.454 e. The van der Waals surface area contributed by atoms with Gasteiger partial charge < -0.3 is 15.2 Å². The summed E-state index contributed by atoms with van der Waals surface area (Å²) in [5, 5.41) is 0. The average Bonchev–Trinajstić information content (AvgIpc) is 3.01. The van der Waals surface area contributed by atoms with E-state index < -0.39 is 0 Å². The third-order valence-corrected chi connectivity index (χ3v) is 4.49. The van der Waals surface area contributed by atoms with E-state index >= 15 is 0 Å². The molecule has 0 aromatic heterocycles. The third-order valence-electron chi connectivity index (χ3n) is 4.49. The van der Waals surface area contributed by atoms with E-state index in [0.29, 0.717) is 6.79 Å². The summed E-state index contributed by atoms with van der Waals surface area (Å²) in [4.78, 5) is 0. The first kappa shape index (κ1) is 12.7. The lowest BCUT2D eigenvalue weighted by atomic mass is 9.88. The number of hydrogen-bond acceptors (Lipinski definition) is 3. The van der Waals surface area contributed by atoms with Gasteiger partial charge in [0.2, 0.25) is 6.79 Å². The summed E-state index contributed by atoms with van der Waals surface area (Å²) >= 11 is 0. The molecule has 108 valence electrons. The molecule has 3 nitrogen and oxygen atoms in total. The van der Waals surface area contributed by atoms with Crippen LogP contribution in [0, 0.1) is 0 Å². The highest BCUT2D eigenvalue weighted by Gasteiger charge is 2.18. The Morgan fingerprint density at radius 2 is 1.52 bits per heavy atom. The fourth-order valence-electron chi connectivity index (χ4n) is 3.25. The molecule has 3 heteroatoms. The maximum atomic E-state index is 6.45. The lowest BCUT2D eigenvalue weighted by molar-refractivity contribution is 0.174. The Balaban J connectivity index is 1.66. The monoisotopic (exact) mass is 281 g/mol. The number of benzene rings is 2. The summed E-state index contributed by atoms with van der Waals surface area (Å²) in [6.45, 7) is 0.298. The zero-order chi connectivity index (χ0) is 14.2. The van der Waals surface area contributed by atoms with Crippen LogP contribution in [0.3, 0.4) is 0 Å². The zero-order valence-electron chi connectivity index (χ0n) is 12.0. The second-order valence-electron chi connectivity index (χ2n) is 5.83. The lowest BCUT2D eigenvalue weighted by Gasteiger charge is -2.19. The number of aryl methyl sites for hydroxylation is 2. The molecule has 0 spiro atoms. The van der Waals surface area contributed by atoms with Crippen LogP contribution in [0.4, 0.5) is 0 Å². The number of fused-ring (bicyclic) bond motifs is 2. The molecule has 0 fully saturated rings. The predicted octanol–water partition coefficient (Wildman–Crippen LogP) is 3.34. The molecule has 0 saturated carbocycles. The average molecular weight is 281 g/mol. The van der Waals surface area contributed by atoms with E-state index in [1.165, 1.54) is 42.4 Å². The van der Waals surface area contributed by atoms with Gasteiger partial charge in [0.15, 0.2) is 11.5 Å². The van der Waals surface area contributed by atoms with Gasteiger partial charge in [-0.15, -0.1) is 0 Å². The Morgan fingerprint density at radius 3 is 2.43 bits per heavy atom. The first-order valence-electron chi connectivity index (χ1n) is 7.58. The van der Waals surface area contributed by atoms with Gasteiger partial charge in [-0.25, -0.2) is 0 Å². The van der Waals surface area contributed by atoms with Crippen LogP contribution in [0.2, 0.25) is 0 Å². The Hall–Kier alpha value is -2.00. The van der Waals surface area contributed by atoms with E-state index in [4.69, 9.17) is 15.2 Å². The molecular formula is C18H19NO2. The highest BCUT2D eigenvalue weighted by atomic mass is 16.7. The summed E-state index contributed by atoms with van der Waals surface area (Å²) in [6.07, 6.45) is 4.97. The normalized spacial score (nSPS) is 17.4. The lowest BCUT2D eigenvalue weighted by Crippen LogP contribution is -2.13. The maximum absolute atomic E-state index is 6.45. The summed E-state index contributed by atoms with van der Waals surface area (Å²) in [5.74, 6) is 1.59. The molecule has 4 rings (SSSR count). The molecule has 0 radical (unpaired) electrons. The topological polar surface area (TPSA) is 44.5 Å². The van der Waals surface area contributed by atoms with Crippen molar-refractivity contribution in [3.63, 3.8) is 0 Å². The highest BCUT2D eigenvalue weighted by molar-refractivity contribution is 5.47. The van der Waals surface area contributed by atoms with Crippen LogP contribution in [0.5, 0.6) is 11.5 Å². The van der Waals surface area contributed by atoms with Crippen molar-refractivity contribution >= 4 is 0 Å². The second kappa shape index (κ2) is 5.08. The minimum absolute atomic E-state index is 0.119. The van der Waals surface area contributed by atoms with Crippen LogP contribution in [0.25, 0.3) is 0 Å². The highest BCUT2D eigenvalue weighted by Crippen LogP contribution is 2.35. The molecule has 1 aliphatic heterocycles. The van der Waals surface area contributed by atoms with Crippen molar-refractivity contribution in [3.8, 4) is 11.5 Å². The van der Waals surface area contributed by atoms with E-state index in [2.05, 4.69) is 18.2 Å². The molecule has 2 aromatic carbocycles. The van der Waals surface area contributed by atoms with Gasteiger partial charge >= 0.3 is 0 Å². The molecule has 2 aliphatic rings. The molecular weight excluding hydrogens is 262 g/mol. The minimum atomic E-state index is -0.119. The van der Waals surface area contributed by atoms with Crippen molar-refractivity contribution < 1.29 is 9.47 Å². The van der Waals surface area contributed by atoms with Crippen molar-refractivity contribution in [2.45, 2.75) is 31.7 Å². The predicted molar refractivity (Wildman–Crippen MR) is 81.7 cm³/mol. The van der Waals surface area contributed by atoms with Crippen molar-refractivity contribution in [1.82, 2.24) is 0 Å². The van der Waals surface area contributed by atoms with Crippen LogP contribution in [0.15, 0.2) is 36.4 Å². The molecule has 1 heterocycles. The Kier molecular flexibility index (Phi) is 3.08. The smallest absolute Gasteiger partial charge is 0.231 e. The van der Waals surface area contributed by atoms with Crippen LogP contribution in [-0.4, -0.2) is 6.79 Å². The Bertz CT molecular complexity index is 681. The third kappa shape index (κ3) is 2.28. The van der Waals surface area contributed by atoms with Gasteiger partial charge in [-0.1, -0.05) is 24.3 Å². The van der Waals surface area contributed by atoms with E-state index in [0.717, 1.165) is 17.1 Å². The van der Waals surface area contributed by atoms with Crippen molar-refractivity contribution in [1.29, 1.82) is 0 Å². The Labute approximate surface area is 124 Å². The van der Waals surface area contributed by atoms with E-state index in [1.807, 2.05) is 18.2 Å². The minimum Gasteiger partial charge on any atom is -0.454 e. The summed E-state index contributed by atoms with van der Waals surface area (Å²) in [5.41, 5.74) is 11.6. The molecule has 0 bridgehead atoms. The number of hydrogen-bond donors (Lipinski definition) is 1. The van der Waals surface area contributed by atoms with Gasteiger partial charge in [-0.2, -0.15) is 0 Å². The fourth-order valence-corrected chi connectivity index (χ4v) is 3.25. The summed E-state index contributed by atoms with van der Waals surface area (Å²) in [6, 6.07) is 12.5. The molecule has 1 aliphatic carbocycles. The summed E-state index contributed by atoms with van der Waals surface area (Å²) < 4.78 is 10.8. The zero-order valence-corrected chi connectivity index (χ0v) is 12.0. The first-order chi connectivity index (χ1) is 10.3. The standard InChI is InChI=1S/C18H19NO2/c19-18(15-7-8-16-17(10-15)21-11-20-16)14-6-5-12-3-1-2-4-13(12)9-14/h5-10,18H,1-4,11,19H2. The fraction of sp³-hybridized carbons (Fsp3) is 0.333. The van der Waals surface area contributed by atoms with Crippen LogP contribution in [0.1, 0.15) is 41.1 Å². The van der Waals surface area contributed by atoms with Crippen molar-refractivity contribution in [3.05, 3.63) is 58.7 Å². The second-order valence-corrected chi connectivity index (χ2v) is 5.83. The molecule has 2 aromatic rings. The number of ether oxygens (including phenoxy) is 2.